The second kappa shape index (κ2) is 4.09. The van der Waals surface area contributed by atoms with Crippen LogP contribution in [-0.4, -0.2) is 20.3 Å². The van der Waals surface area contributed by atoms with Gasteiger partial charge >= 0.3 is 0 Å². The molecule has 0 spiro atoms. The van der Waals surface area contributed by atoms with Crippen LogP contribution in [0, 0.1) is 5.41 Å². The van der Waals surface area contributed by atoms with E-state index in [-0.39, 0.29) is 11.0 Å². The summed E-state index contributed by atoms with van der Waals surface area (Å²) in [5.74, 6) is 1.03. The Bertz CT molecular complexity index is 394. The number of aromatic nitrogens is 3. The molecule has 0 bridgehead atoms. The Balaban J connectivity index is 2.23. The minimum atomic E-state index is -0.132. The van der Waals surface area contributed by atoms with Crippen molar-refractivity contribution in [2.24, 2.45) is 11.1 Å². The molecule has 1 saturated carbocycles. The number of hydrogen-bond acceptors (Lipinski definition) is 3. The first-order valence-electron chi connectivity index (χ1n) is 6.53. The zero-order chi connectivity index (χ0) is 12.7. The quantitative estimate of drug-likeness (QED) is 0.876. The molecule has 1 heterocycles. The van der Waals surface area contributed by atoms with Crippen LogP contribution in [0.1, 0.15) is 58.8 Å². The summed E-state index contributed by atoms with van der Waals surface area (Å²) < 4.78 is 1.99. The van der Waals surface area contributed by atoms with Crippen LogP contribution in [-0.2, 0) is 6.42 Å². The van der Waals surface area contributed by atoms with E-state index in [1.807, 2.05) is 4.68 Å². The summed E-state index contributed by atoms with van der Waals surface area (Å²) in [5.41, 5.74) is 6.68. The second-order valence-electron chi connectivity index (χ2n) is 6.28. The molecule has 1 aliphatic rings. The van der Waals surface area contributed by atoms with Gasteiger partial charge in [-0.15, -0.1) is 0 Å². The molecule has 0 saturated heterocycles. The van der Waals surface area contributed by atoms with E-state index in [4.69, 9.17) is 5.73 Å². The zero-order valence-corrected chi connectivity index (χ0v) is 11.4. The average molecular weight is 236 g/mol. The van der Waals surface area contributed by atoms with E-state index in [2.05, 4.69) is 37.8 Å². The summed E-state index contributed by atoms with van der Waals surface area (Å²) >= 11 is 0. The van der Waals surface area contributed by atoms with Gasteiger partial charge in [-0.25, -0.2) is 9.67 Å². The van der Waals surface area contributed by atoms with Gasteiger partial charge < -0.3 is 5.73 Å². The first kappa shape index (κ1) is 12.6. The monoisotopic (exact) mass is 236 g/mol. The summed E-state index contributed by atoms with van der Waals surface area (Å²) in [6, 6.07) is 0.348. The van der Waals surface area contributed by atoms with Crippen LogP contribution in [0.3, 0.4) is 0 Å². The molecule has 0 amide bonds. The van der Waals surface area contributed by atoms with Crippen molar-refractivity contribution in [2.75, 3.05) is 0 Å². The third-order valence-electron chi connectivity index (χ3n) is 4.38. The highest BCUT2D eigenvalue weighted by Gasteiger charge is 2.46. The van der Waals surface area contributed by atoms with E-state index >= 15 is 0 Å². The van der Waals surface area contributed by atoms with E-state index < -0.39 is 0 Å². The summed E-state index contributed by atoms with van der Waals surface area (Å²) in [6.07, 6.45) is 5.99. The Morgan fingerprint density at radius 2 is 2.12 bits per heavy atom. The van der Waals surface area contributed by atoms with Gasteiger partial charge in [-0.2, -0.15) is 5.10 Å². The van der Waals surface area contributed by atoms with Crippen LogP contribution in [0.4, 0.5) is 0 Å². The SMILES string of the molecule is CC(C)n1ncnc1CC1(N)CCCC1(C)C. The predicted octanol–water partition coefficient (Wildman–Crippen LogP) is 2.31. The van der Waals surface area contributed by atoms with Crippen molar-refractivity contribution in [3.8, 4) is 0 Å². The molecule has 0 aliphatic heterocycles. The third kappa shape index (κ3) is 2.10. The molecule has 1 aromatic rings. The molecule has 0 aromatic carbocycles. The maximum atomic E-state index is 6.62. The Morgan fingerprint density at radius 1 is 1.41 bits per heavy atom. The van der Waals surface area contributed by atoms with Gasteiger partial charge in [0.1, 0.15) is 12.2 Å². The third-order valence-corrected chi connectivity index (χ3v) is 4.38. The molecular formula is C13H24N4. The molecule has 1 aliphatic carbocycles. The van der Waals surface area contributed by atoms with E-state index in [1.54, 1.807) is 6.33 Å². The van der Waals surface area contributed by atoms with Crippen molar-refractivity contribution in [1.29, 1.82) is 0 Å². The maximum Gasteiger partial charge on any atom is 0.138 e. The van der Waals surface area contributed by atoms with E-state index in [0.29, 0.717) is 6.04 Å². The van der Waals surface area contributed by atoms with Gasteiger partial charge in [0.25, 0.3) is 0 Å². The fourth-order valence-electron chi connectivity index (χ4n) is 2.87. The van der Waals surface area contributed by atoms with Gasteiger partial charge in [0.05, 0.1) is 0 Å². The molecular weight excluding hydrogens is 212 g/mol. The molecule has 96 valence electrons. The fourth-order valence-corrected chi connectivity index (χ4v) is 2.87. The molecule has 4 heteroatoms. The van der Waals surface area contributed by atoms with Crippen molar-refractivity contribution < 1.29 is 0 Å². The van der Waals surface area contributed by atoms with E-state index in [1.165, 1.54) is 12.8 Å². The number of hydrogen-bond donors (Lipinski definition) is 1. The molecule has 1 unspecified atom stereocenters. The number of rotatable bonds is 3. The standard InChI is InChI=1S/C13H24N4/c1-10(2)17-11(15-9-16-17)8-13(14)7-5-6-12(13,3)4/h9-10H,5-8,14H2,1-4H3. The predicted molar refractivity (Wildman–Crippen MR) is 68.7 cm³/mol. The van der Waals surface area contributed by atoms with Crippen LogP contribution in [0.2, 0.25) is 0 Å². The van der Waals surface area contributed by atoms with Gasteiger partial charge in [-0.05, 0) is 32.1 Å². The Hall–Kier alpha value is -0.900. The van der Waals surface area contributed by atoms with Gasteiger partial charge in [-0.3, -0.25) is 0 Å². The lowest BCUT2D eigenvalue weighted by molar-refractivity contribution is 0.201. The van der Waals surface area contributed by atoms with Crippen LogP contribution < -0.4 is 5.73 Å². The first-order valence-corrected chi connectivity index (χ1v) is 6.53. The van der Waals surface area contributed by atoms with E-state index in [0.717, 1.165) is 18.7 Å². The van der Waals surface area contributed by atoms with Crippen molar-refractivity contribution in [1.82, 2.24) is 14.8 Å². The molecule has 1 atom stereocenters. The average Bonchev–Trinajstić information content (AvgIpc) is 2.73. The van der Waals surface area contributed by atoms with Crippen molar-refractivity contribution in [2.45, 2.75) is 65.0 Å². The molecule has 1 fully saturated rings. The topological polar surface area (TPSA) is 56.7 Å². The smallest absolute Gasteiger partial charge is 0.138 e. The highest BCUT2D eigenvalue weighted by Crippen LogP contribution is 2.45. The van der Waals surface area contributed by atoms with Gasteiger partial charge in [0.2, 0.25) is 0 Å². The van der Waals surface area contributed by atoms with Crippen LogP contribution in [0.5, 0.6) is 0 Å². The lowest BCUT2D eigenvalue weighted by atomic mass is 9.73. The molecule has 1 aromatic heterocycles. The first-order chi connectivity index (χ1) is 7.86. The Labute approximate surface area is 104 Å². The van der Waals surface area contributed by atoms with Crippen LogP contribution in [0.25, 0.3) is 0 Å². The number of nitrogens with zero attached hydrogens (tertiary/aromatic N) is 3. The molecule has 2 N–H and O–H groups in total. The molecule has 17 heavy (non-hydrogen) atoms. The zero-order valence-electron chi connectivity index (χ0n) is 11.4. The second-order valence-corrected chi connectivity index (χ2v) is 6.28. The Morgan fingerprint density at radius 3 is 2.65 bits per heavy atom. The molecule has 2 rings (SSSR count). The van der Waals surface area contributed by atoms with Crippen molar-refractivity contribution in [3.63, 3.8) is 0 Å². The summed E-state index contributed by atoms with van der Waals surface area (Å²) in [7, 11) is 0. The van der Waals surface area contributed by atoms with Crippen molar-refractivity contribution >= 4 is 0 Å². The molecule has 0 radical (unpaired) electrons. The van der Waals surface area contributed by atoms with Gasteiger partial charge in [0.15, 0.2) is 0 Å². The minimum absolute atomic E-state index is 0.132. The summed E-state index contributed by atoms with van der Waals surface area (Å²) in [4.78, 5) is 4.38. The van der Waals surface area contributed by atoms with E-state index in [9.17, 15) is 0 Å². The lowest BCUT2D eigenvalue weighted by Gasteiger charge is -2.38. The van der Waals surface area contributed by atoms with Crippen LogP contribution in [0.15, 0.2) is 6.33 Å². The Kier molecular flexibility index (Phi) is 3.02. The fraction of sp³-hybridized carbons (Fsp3) is 0.846. The molecule has 4 nitrogen and oxygen atoms in total. The highest BCUT2D eigenvalue weighted by atomic mass is 15.3. The minimum Gasteiger partial charge on any atom is -0.324 e. The maximum absolute atomic E-state index is 6.62. The van der Waals surface area contributed by atoms with Gasteiger partial charge in [-0.1, -0.05) is 20.3 Å². The van der Waals surface area contributed by atoms with Crippen molar-refractivity contribution in [3.05, 3.63) is 12.2 Å². The van der Waals surface area contributed by atoms with Gasteiger partial charge in [0, 0.05) is 18.0 Å². The largest absolute Gasteiger partial charge is 0.324 e. The number of nitrogens with two attached hydrogens (primary N) is 1. The summed E-state index contributed by atoms with van der Waals surface area (Å²) in [6.45, 7) is 8.80. The summed E-state index contributed by atoms with van der Waals surface area (Å²) in [5, 5.41) is 4.29. The lowest BCUT2D eigenvalue weighted by Crippen LogP contribution is -2.51. The van der Waals surface area contributed by atoms with Crippen LogP contribution >= 0.6 is 0 Å². The normalized spacial score (nSPS) is 27.9. The highest BCUT2D eigenvalue weighted by molar-refractivity contribution is 5.08.